The smallest absolute Gasteiger partial charge is 0.343 e. The molecule has 0 aliphatic carbocycles. The van der Waals surface area contributed by atoms with Gasteiger partial charge in [-0.25, -0.2) is 14.7 Å². The van der Waals surface area contributed by atoms with Crippen molar-refractivity contribution in [2.75, 3.05) is 32.2 Å². The number of benzene rings is 1. The number of imide groups is 1. The van der Waals surface area contributed by atoms with Gasteiger partial charge >= 0.3 is 11.7 Å². The van der Waals surface area contributed by atoms with Gasteiger partial charge in [0.1, 0.15) is 13.2 Å². The van der Waals surface area contributed by atoms with Crippen molar-refractivity contribution in [3.63, 3.8) is 0 Å². The highest BCUT2D eigenvalue weighted by Gasteiger charge is 2.21. The van der Waals surface area contributed by atoms with Crippen molar-refractivity contribution in [2.24, 2.45) is 0 Å². The van der Waals surface area contributed by atoms with Crippen LogP contribution in [0.2, 0.25) is 0 Å². The van der Waals surface area contributed by atoms with Crippen molar-refractivity contribution in [2.45, 2.75) is 30.3 Å². The summed E-state index contributed by atoms with van der Waals surface area (Å²) in [6.07, 6.45) is 0.627. The van der Waals surface area contributed by atoms with E-state index in [2.05, 4.69) is 20.8 Å². The van der Waals surface area contributed by atoms with Crippen LogP contribution in [0.4, 0.5) is 10.5 Å². The molecule has 0 bridgehead atoms. The molecule has 1 aromatic carbocycles. The molecular formula is C18H23N5O6S. The first kappa shape index (κ1) is 21.7. The molecule has 2 heterocycles. The van der Waals surface area contributed by atoms with Crippen molar-refractivity contribution in [3.05, 3.63) is 28.7 Å². The number of carbonyl (C=O) groups is 2. The van der Waals surface area contributed by atoms with Gasteiger partial charge in [0.15, 0.2) is 16.7 Å². The van der Waals surface area contributed by atoms with Gasteiger partial charge in [0.25, 0.3) is 0 Å². The van der Waals surface area contributed by atoms with Crippen LogP contribution in [0.1, 0.15) is 13.3 Å². The summed E-state index contributed by atoms with van der Waals surface area (Å²) in [5, 5.41) is 10.9. The standard InChI is InChI=1S/C18H23N5O6S/c1-11(30-18-22-21-17(26)23(18)6-3-7-27-2)15(24)20-16(25)19-12-4-5-13-14(10-12)29-9-8-28-13/h4-5,10-11H,3,6-9H2,1-2H3,(H,21,26)(H2,19,20,24,25)/t11-/m0/s1. The Bertz CT molecular complexity index is 959. The largest absolute Gasteiger partial charge is 0.486 e. The summed E-state index contributed by atoms with van der Waals surface area (Å²) in [5.41, 5.74) is 0.0988. The molecule has 1 aliphatic rings. The molecule has 30 heavy (non-hydrogen) atoms. The highest BCUT2D eigenvalue weighted by Crippen LogP contribution is 2.32. The van der Waals surface area contributed by atoms with E-state index < -0.39 is 17.2 Å². The molecule has 12 heteroatoms. The molecule has 11 nitrogen and oxygen atoms in total. The zero-order valence-electron chi connectivity index (χ0n) is 16.6. The Hall–Kier alpha value is -2.99. The molecule has 162 valence electrons. The van der Waals surface area contributed by atoms with Gasteiger partial charge in [-0.1, -0.05) is 11.8 Å². The van der Waals surface area contributed by atoms with Gasteiger partial charge < -0.3 is 19.5 Å². The average Bonchev–Trinajstić information content (AvgIpc) is 3.07. The fraction of sp³-hybridized carbons (Fsp3) is 0.444. The number of nitrogens with one attached hydrogen (secondary N) is 3. The van der Waals surface area contributed by atoms with Crippen LogP contribution in [-0.2, 0) is 16.1 Å². The van der Waals surface area contributed by atoms with E-state index in [-0.39, 0.29) is 5.69 Å². The molecule has 1 aliphatic heterocycles. The van der Waals surface area contributed by atoms with Crippen LogP contribution in [0.25, 0.3) is 0 Å². The van der Waals surface area contributed by atoms with Gasteiger partial charge in [0.2, 0.25) is 5.91 Å². The molecule has 0 unspecified atom stereocenters. The number of rotatable bonds is 8. The minimum atomic E-state index is -0.677. The highest BCUT2D eigenvalue weighted by molar-refractivity contribution is 8.00. The predicted octanol–water partition coefficient (Wildman–Crippen LogP) is 1.21. The first-order valence-corrected chi connectivity index (χ1v) is 10.2. The molecule has 0 saturated heterocycles. The number of amides is 3. The van der Waals surface area contributed by atoms with Crippen LogP contribution in [0.3, 0.4) is 0 Å². The van der Waals surface area contributed by atoms with E-state index in [0.29, 0.717) is 55.1 Å². The zero-order valence-corrected chi connectivity index (χ0v) is 17.4. The third-order valence-electron chi connectivity index (χ3n) is 4.14. The lowest BCUT2D eigenvalue weighted by atomic mass is 10.2. The van der Waals surface area contributed by atoms with Crippen molar-refractivity contribution in [1.82, 2.24) is 20.1 Å². The quantitative estimate of drug-likeness (QED) is 0.414. The second-order valence-electron chi connectivity index (χ2n) is 6.37. The van der Waals surface area contributed by atoms with E-state index in [1.807, 2.05) is 0 Å². The number of hydrogen-bond acceptors (Lipinski definition) is 8. The Kier molecular flexibility index (Phi) is 7.36. The van der Waals surface area contributed by atoms with Crippen LogP contribution in [0, 0.1) is 0 Å². The van der Waals surface area contributed by atoms with Crippen molar-refractivity contribution in [1.29, 1.82) is 0 Å². The fourth-order valence-electron chi connectivity index (χ4n) is 2.67. The van der Waals surface area contributed by atoms with Gasteiger partial charge in [-0.3, -0.25) is 14.7 Å². The Balaban J connectivity index is 1.54. The van der Waals surface area contributed by atoms with Gasteiger partial charge in [0.05, 0.1) is 5.25 Å². The van der Waals surface area contributed by atoms with Crippen molar-refractivity contribution >= 4 is 29.4 Å². The monoisotopic (exact) mass is 437 g/mol. The summed E-state index contributed by atoms with van der Waals surface area (Å²) in [4.78, 5) is 36.4. The van der Waals surface area contributed by atoms with Gasteiger partial charge in [-0.05, 0) is 25.5 Å². The molecule has 0 fully saturated rings. The molecule has 3 rings (SSSR count). The molecule has 3 N–H and O–H groups in total. The van der Waals surface area contributed by atoms with Crippen LogP contribution in [0.5, 0.6) is 11.5 Å². The first-order valence-electron chi connectivity index (χ1n) is 9.30. The Morgan fingerprint density at radius 3 is 2.87 bits per heavy atom. The maximum atomic E-state index is 12.4. The maximum absolute atomic E-state index is 12.4. The van der Waals surface area contributed by atoms with Crippen LogP contribution < -0.4 is 25.8 Å². The van der Waals surface area contributed by atoms with E-state index in [9.17, 15) is 14.4 Å². The van der Waals surface area contributed by atoms with E-state index >= 15 is 0 Å². The number of aromatic nitrogens is 3. The molecule has 3 amide bonds. The number of thioether (sulfide) groups is 1. The second-order valence-corrected chi connectivity index (χ2v) is 7.68. The number of urea groups is 1. The van der Waals surface area contributed by atoms with Crippen molar-refractivity contribution in [3.8, 4) is 11.5 Å². The number of nitrogens with zero attached hydrogens (tertiary/aromatic N) is 2. The molecule has 1 aromatic heterocycles. The molecular weight excluding hydrogens is 414 g/mol. The Labute approximate surface area is 176 Å². The normalized spacial score (nSPS) is 13.5. The lowest BCUT2D eigenvalue weighted by Crippen LogP contribution is -2.39. The third kappa shape index (κ3) is 5.54. The van der Waals surface area contributed by atoms with Crippen LogP contribution in [0.15, 0.2) is 28.2 Å². The van der Waals surface area contributed by atoms with E-state index in [0.717, 1.165) is 11.8 Å². The lowest BCUT2D eigenvalue weighted by molar-refractivity contribution is -0.119. The summed E-state index contributed by atoms with van der Waals surface area (Å²) in [7, 11) is 1.58. The highest BCUT2D eigenvalue weighted by atomic mass is 32.2. The minimum Gasteiger partial charge on any atom is -0.486 e. The topological polar surface area (TPSA) is 137 Å². The number of hydrogen-bond donors (Lipinski definition) is 3. The molecule has 0 radical (unpaired) electrons. The number of ether oxygens (including phenoxy) is 3. The number of carbonyl (C=O) groups excluding carboxylic acids is 2. The molecule has 0 spiro atoms. The Morgan fingerprint density at radius 2 is 2.10 bits per heavy atom. The SMILES string of the molecule is COCCCn1c(S[C@@H](C)C(=O)NC(=O)Nc2ccc3c(c2)OCCO3)n[nH]c1=O. The van der Waals surface area contributed by atoms with Crippen LogP contribution in [-0.4, -0.2) is 58.9 Å². The fourth-order valence-corrected chi connectivity index (χ4v) is 3.55. The minimum absolute atomic E-state index is 0.363. The molecule has 2 aromatic rings. The maximum Gasteiger partial charge on any atom is 0.343 e. The van der Waals surface area contributed by atoms with Crippen molar-refractivity contribution < 1.29 is 23.8 Å². The van der Waals surface area contributed by atoms with Crippen LogP contribution >= 0.6 is 11.8 Å². The Morgan fingerprint density at radius 1 is 1.33 bits per heavy atom. The summed E-state index contributed by atoms with van der Waals surface area (Å²) >= 11 is 1.08. The van der Waals surface area contributed by atoms with Gasteiger partial charge in [-0.15, -0.1) is 5.10 Å². The van der Waals surface area contributed by atoms with E-state index in [1.54, 1.807) is 32.2 Å². The van der Waals surface area contributed by atoms with Gasteiger partial charge in [-0.2, -0.15) is 0 Å². The zero-order chi connectivity index (χ0) is 21.5. The molecule has 1 atom stereocenters. The number of H-pyrrole nitrogens is 1. The number of anilines is 1. The summed E-state index contributed by atoms with van der Waals surface area (Å²) in [6, 6.07) is 4.28. The number of methoxy groups -OCH3 is 1. The second kappa shape index (κ2) is 10.2. The molecule has 0 saturated carbocycles. The van der Waals surface area contributed by atoms with E-state index in [1.165, 1.54) is 4.57 Å². The summed E-state index contributed by atoms with van der Waals surface area (Å²) < 4.78 is 17.3. The number of fused-ring (bicyclic) bond motifs is 1. The van der Waals surface area contributed by atoms with Gasteiger partial charge in [0, 0.05) is 32.0 Å². The lowest BCUT2D eigenvalue weighted by Gasteiger charge is -2.19. The summed E-state index contributed by atoms with van der Waals surface area (Å²) in [5.74, 6) is 0.608. The third-order valence-corrected chi connectivity index (χ3v) is 5.23. The first-order chi connectivity index (χ1) is 14.5. The summed E-state index contributed by atoms with van der Waals surface area (Å²) in [6.45, 7) is 3.43. The predicted molar refractivity (Wildman–Crippen MR) is 109 cm³/mol. The number of aromatic amines is 1. The van der Waals surface area contributed by atoms with E-state index in [4.69, 9.17) is 14.2 Å². The average molecular weight is 437 g/mol.